The summed E-state index contributed by atoms with van der Waals surface area (Å²) in [6.07, 6.45) is 5.03. The molecule has 1 aromatic rings. The van der Waals surface area contributed by atoms with Crippen LogP contribution in [0.25, 0.3) is 0 Å². The van der Waals surface area contributed by atoms with Crippen LogP contribution in [0.2, 0.25) is 0 Å². The summed E-state index contributed by atoms with van der Waals surface area (Å²) in [6.45, 7) is 2.16. The molecule has 0 N–H and O–H groups in total. The molecule has 0 unspecified atom stereocenters. The Kier molecular flexibility index (Phi) is 1.07. The second-order valence-corrected chi connectivity index (χ2v) is 2.88. The van der Waals surface area contributed by atoms with E-state index < -0.39 is 0 Å². The largest absolute Gasteiger partial charge is 0.339 e. The van der Waals surface area contributed by atoms with Gasteiger partial charge in [-0.1, -0.05) is 12.1 Å². The predicted octanol–water partition coefficient (Wildman–Crippen LogP) is 1.51. The molecule has 1 aromatic heterocycles. The standard InChI is InChI=1S/C7H10N2O/c1-2-7(3-4-7)6-8-5-9-10-6/h5H,2-4H2,1H3. The highest BCUT2D eigenvalue weighted by Gasteiger charge is 2.47. The molecule has 54 valence electrons. The monoisotopic (exact) mass is 138 g/mol. The summed E-state index contributed by atoms with van der Waals surface area (Å²) in [6, 6.07) is 0. The molecule has 0 radical (unpaired) electrons. The second-order valence-electron chi connectivity index (χ2n) is 2.88. The molecule has 0 saturated heterocycles. The normalized spacial score (nSPS) is 20.9. The molecular formula is C7H10N2O. The number of nitrogens with zero attached hydrogens (tertiary/aromatic N) is 2. The molecule has 0 aromatic carbocycles. The topological polar surface area (TPSA) is 38.9 Å². The van der Waals surface area contributed by atoms with Gasteiger partial charge in [0.25, 0.3) is 0 Å². The summed E-state index contributed by atoms with van der Waals surface area (Å²) in [5, 5.41) is 3.59. The van der Waals surface area contributed by atoms with Crippen LogP contribution in [0.1, 0.15) is 32.1 Å². The van der Waals surface area contributed by atoms with Crippen molar-refractivity contribution < 1.29 is 4.52 Å². The van der Waals surface area contributed by atoms with E-state index in [2.05, 4.69) is 17.1 Å². The van der Waals surface area contributed by atoms with Gasteiger partial charge in [-0.25, -0.2) is 0 Å². The summed E-state index contributed by atoms with van der Waals surface area (Å²) in [7, 11) is 0. The molecule has 0 aliphatic heterocycles. The molecular weight excluding hydrogens is 128 g/mol. The van der Waals surface area contributed by atoms with Crippen LogP contribution < -0.4 is 0 Å². The van der Waals surface area contributed by atoms with Crippen molar-refractivity contribution in [1.82, 2.24) is 10.1 Å². The Morgan fingerprint density at radius 2 is 2.50 bits per heavy atom. The molecule has 1 heterocycles. The van der Waals surface area contributed by atoms with Crippen LogP contribution in [0.3, 0.4) is 0 Å². The summed E-state index contributed by atoms with van der Waals surface area (Å²) >= 11 is 0. The van der Waals surface area contributed by atoms with E-state index in [0.717, 1.165) is 12.3 Å². The van der Waals surface area contributed by atoms with E-state index >= 15 is 0 Å². The zero-order valence-corrected chi connectivity index (χ0v) is 6.00. The molecule has 1 saturated carbocycles. The van der Waals surface area contributed by atoms with Gasteiger partial charge in [-0.05, 0) is 19.3 Å². The average Bonchev–Trinajstić information content (AvgIpc) is 2.58. The van der Waals surface area contributed by atoms with Crippen molar-refractivity contribution in [2.45, 2.75) is 31.6 Å². The van der Waals surface area contributed by atoms with Crippen LogP contribution in [-0.2, 0) is 5.41 Å². The molecule has 3 nitrogen and oxygen atoms in total. The Balaban J connectivity index is 2.27. The van der Waals surface area contributed by atoms with Gasteiger partial charge in [0.05, 0.1) is 0 Å². The summed E-state index contributed by atoms with van der Waals surface area (Å²) in [5.74, 6) is 0.829. The molecule has 2 rings (SSSR count). The van der Waals surface area contributed by atoms with Crippen LogP contribution in [0, 0.1) is 0 Å². The summed E-state index contributed by atoms with van der Waals surface area (Å²) in [4.78, 5) is 4.04. The van der Waals surface area contributed by atoms with Crippen molar-refractivity contribution in [1.29, 1.82) is 0 Å². The van der Waals surface area contributed by atoms with E-state index in [9.17, 15) is 0 Å². The average molecular weight is 138 g/mol. The fourth-order valence-electron chi connectivity index (χ4n) is 1.28. The summed E-state index contributed by atoms with van der Waals surface area (Å²) < 4.78 is 4.99. The lowest BCUT2D eigenvalue weighted by Crippen LogP contribution is -2.03. The van der Waals surface area contributed by atoms with Crippen LogP contribution in [0.5, 0.6) is 0 Å². The van der Waals surface area contributed by atoms with Crippen molar-refractivity contribution in [2.75, 3.05) is 0 Å². The van der Waals surface area contributed by atoms with Crippen LogP contribution in [-0.4, -0.2) is 10.1 Å². The first-order chi connectivity index (χ1) is 4.87. The predicted molar refractivity (Wildman–Crippen MR) is 35.5 cm³/mol. The number of hydrogen-bond donors (Lipinski definition) is 0. The van der Waals surface area contributed by atoms with E-state index in [1.807, 2.05) is 0 Å². The van der Waals surface area contributed by atoms with Crippen LogP contribution in [0.4, 0.5) is 0 Å². The van der Waals surface area contributed by atoms with Gasteiger partial charge < -0.3 is 4.52 Å². The third-order valence-electron chi connectivity index (χ3n) is 2.35. The van der Waals surface area contributed by atoms with Crippen molar-refractivity contribution in [3.05, 3.63) is 12.2 Å². The van der Waals surface area contributed by atoms with Gasteiger partial charge in [0.1, 0.15) is 0 Å². The SMILES string of the molecule is CCC1(c2ncno2)CC1. The number of rotatable bonds is 2. The molecule has 0 atom stereocenters. The number of hydrogen-bond acceptors (Lipinski definition) is 3. The zero-order valence-electron chi connectivity index (χ0n) is 6.00. The lowest BCUT2D eigenvalue weighted by Gasteiger charge is -2.02. The number of aromatic nitrogens is 2. The lowest BCUT2D eigenvalue weighted by atomic mass is 10.0. The molecule has 1 aliphatic carbocycles. The Labute approximate surface area is 59.4 Å². The molecule has 1 fully saturated rings. The van der Waals surface area contributed by atoms with Crippen molar-refractivity contribution >= 4 is 0 Å². The molecule has 3 heteroatoms. The Morgan fingerprint density at radius 1 is 1.70 bits per heavy atom. The third kappa shape index (κ3) is 0.664. The highest BCUT2D eigenvalue weighted by Crippen LogP contribution is 2.49. The van der Waals surface area contributed by atoms with E-state index in [1.165, 1.54) is 19.2 Å². The van der Waals surface area contributed by atoms with Crippen LogP contribution in [0.15, 0.2) is 10.9 Å². The smallest absolute Gasteiger partial charge is 0.232 e. The molecule has 0 bridgehead atoms. The molecule has 10 heavy (non-hydrogen) atoms. The van der Waals surface area contributed by atoms with Crippen molar-refractivity contribution in [3.8, 4) is 0 Å². The maximum absolute atomic E-state index is 4.99. The highest BCUT2D eigenvalue weighted by molar-refractivity contribution is 5.13. The van der Waals surface area contributed by atoms with Crippen molar-refractivity contribution in [2.24, 2.45) is 0 Å². The maximum atomic E-state index is 4.99. The van der Waals surface area contributed by atoms with Gasteiger partial charge in [-0.2, -0.15) is 4.98 Å². The lowest BCUT2D eigenvalue weighted by molar-refractivity contribution is 0.340. The maximum Gasteiger partial charge on any atom is 0.232 e. The fraction of sp³-hybridized carbons (Fsp3) is 0.714. The minimum atomic E-state index is 0.274. The molecule has 0 spiro atoms. The minimum absolute atomic E-state index is 0.274. The third-order valence-corrected chi connectivity index (χ3v) is 2.35. The van der Waals surface area contributed by atoms with E-state index in [4.69, 9.17) is 4.52 Å². The Bertz CT molecular complexity index is 214. The van der Waals surface area contributed by atoms with Crippen molar-refractivity contribution in [3.63, 3.8) is 0 Å². The second kappa shape index (κ2) is 1.81. The molecule has 1 aliphatic rings. The van der Waals surface area contributed by atoms with Gasteiger partial charge in [-0.15, -0.1) is 0 Å². The molecule has 0 amide bonds. The first-order valence-corrected chi connectivity index (χ1v) is 3.64. The highest BCUT2D eigenvalue weighted by atomic mass is 16.5. The first-order valence-electron chi connectivity index (χ1n) is 3.64. The van der Waals surface area contributed by atoms with Gasteiger partial charge in [-0.3, -0.25) is 0 Å². The fourth-order valence-corrected chi connectivity index (χ4v) is 1.28. The first kappa shape index (κ1) is 5.89. The zero-order chi connectivity index (χ0) is 7.03. The Hall–Kier alpha value is -0.860. The summed E-state index contributed by atoms with van der Waals surface area (Å²) in [5.41, 5.74) is 0.274. The van der Waals surface area contributed by atoms with Gasteiger partial charge in [0.15, 0.2) is 6.33 Å². The van der Waals surface area contributed by atoms with E-state index in [-0.39, 0.29) is 5.41 Å². The minimum Gasteiger partial charge on any atom is -0.339 e. The van der Waals surface area contributed by atoms with Gasteiger partial charge in [0.2, 0.25) is 5.89 Å². The quantitative estimate of drug-likeness (QED) is 0.621. The van der Waals surface area contributed by atoms with Crippen LogP contribution >= 0.6 is 0 Å². The van der Waals surface area contributed by atoms with E-state index in [1.54, 1.807) is 0 Å². The van der Waals surface area contributed by atoms with E-state index in [0.29, 0.717) is 0 Å². The van der Waals surface area contributed by atoms with Gasteiger partial charge >= 0.3 is 0 Å². The Morgan fingerprint density at radius 3 is 2.90 bits per heavy atom. The van der Waals surface area contributed by atoms with Gasteiger partial charge in [0, 0.05) is 5.41 Å².